The van der Waals surface area contributed by atoms with Gasteiger partial charge < -0.3 is 15.8 Å². The number of nitrogens with zero attached hydrogens (tertiary/aromatic N) is 3. The summed E-state index contributed by atoms with van der Waals surface area (Å²) in [6.45, 7) is 1.86. The van der Waals surface area contributed by atoms with Crippen LogP contribution in [0.3, 0.4) is 0 Å². The Balaban J connectivity index is 1.75. The van der Waals surface area contributed by atoms with Crippen LogP contribution in [0.2, 0.25) is 0 Å². The third kappa shape index (κ3) is 5.14. The van der Waals surface area contributed by atoms with Gasteiger partial charge in [-0.1, -0.05) is 37.3 Å². The topological polar surface area (TPSA) is 120 Å². The molecule has 3 aromatic rings. The van der Waals surface area contributed by atoms with Crippen molar-refractivity contribution in [3.63, 3.8) is 0 Å². The van der Waals surface area contributed by atoms with Gasteiger partial charge in [-0.3, -0.25) is 4.21 Å². The Kier molecular flexibility index (Phi) is 6.50. The lowest BCUT2D eigenvalue weighted by atomic mass is 10.1. The van der Waals surface area contributed by atoms with Gasteiger partial charge in [0.2, 0.25) is 11.9 Å². The van der Waals surface area contributed by atoms with Crippen molar-refractivity contribution in [3.8, 4) is 0 Å². The molecule has 2 aromatic carbocycles. The zero-order chi connectivity index (χ0) is 20.8. The second-order valence-electron chi connectivity index (χ2n) is 6.10. The SMILES string of the molecule is CCc1ccccc1Nc1nc(N)nc(COC(=O)c2ccccc2[S@@](C)=O)n1. The van der Waals surface area contributed by atoms with Crippen molar-refractivity contribution < 1.29 is 13.7 Å². The minimum atomic E-state index is -1.31. The van der Waals surface area contributed by atoms with Gasteiger partial charge in [-0.05, 0) is 30.2 Å². The first-order valence-corrected chi connectivity index (χ1v) is 10.5. The van der Waals surface area contributed by atoms with Gasteiger partial charge in [-0.15, -0.1) is 0 Å². The molecule has 29 heavy (non-hydrogen) atoms. The van der Waals surface area contributed by atoms with Gasteiger partial charge in [0.25, 0.3) is 0 Å². The Morgan fingerprint density at radius 3 is 2.59 bits per heavy atom. The Bertz CT molecular complexity index is 1060. The third-order valence-corrected chi connectivity index (χ3v) is 5.07. The van der Waals surface area contributed by atoms with E-state index in [0.29, 0.717) is 4.90 Å². The van der Waals surface area contributed by atoms with Crippen molar-refractivity contribution in [1.82, 2.24) is 15.0 Å². The molecule has 0 saturated carbocycles. The lowest BCUT2D eigenvalue weighted by Crippen LogP contribution is -2.12. The molecule has 1 aromatic heterocycles. The van der Waals surface area contributed by atoms with Crippen LogP contribution >= 0.6 is 0 Å². The normalized spacial score (nSPS) is 11.7. The number of nitrogen functional groups attached to an aromatic ring is 1. The van der Waals surface area contributed by atoms with Crippen molar-refractivity contribution >= 4 is 34.4 Å². The van der Waals surface area contributed by atoms with E-state index in [0.717, 1.165) is 17.7 Å². The summed E-state index contributed by atoms with van der Waals surface area (Å²) in [6.07, 6.45) is 2.34. The van der Waals surface area contributed by atoms with Gasteiger partial charge in [-0.25, -0.2) is 4.79 Å². The number of benzene rings is 2. The summed E-state index contributed by atoms with van der Waals surface area (Å²) in [6, 6.07) is 14.4. The van der Waals surface area contributed by atoms with Gasteiger partial charge in [0.1, 0.15) is 0 Å². The minimum absolute atomic E-state index is 0.0117. The van der Waals surface area contributed by atoms with Crippen LogP contribution in [0.4, 0.5) is 17.6 Å². The predicted octanol–water partition coefficient (Wildman–Crippen LogP) is 2.85. The van der Waals surface area contributed by atoms with Crippen LogP contribution in [0.15, 0.2) is 53.4 Å². The van der Waals surface area contributed by atoms with E-state index < -0.39 is 16.8 Å². The van der Waals surface area contributed by atoms with E-state index >= 15 is 0 Å². The van der Waals surface area contributed by atoms with Gasteiger partial charge in [0.05, 0.1) is 21.3 Å². The molecule has 0 radical (unpaired) electrons. The van der Waals surface area contributed by atoms with Crippen molar-refractivity contribution in [2.24, 2.45) is 0 Å². The molecule has 9 heteroatoms. The number of hydrogen-bond acceptors (Lipinski definition) is 8. The Morgan fingerprint density at radius 1 is 1.10 bits per heavy atom. The van der Waals surface area contributed by atoms with Crippen LogP contribution in [0.5, 0.6) is 0 Å². The average Bonchev–Trinajstić information content (AvgIpc) is 2.72. The molecule has 0 fully saturated rings. The number of hydrogen-bond donors (Lipinski definition) is 2. The summed E-state index contributed by atoms with van der Waals surface area (Å²) in [5, 5.41) is 3.13. The number of aryl methyl sites for hydroxylation is 1. The molecule has 0 saturated heterocycles. The minimum Gasteiger partial charge on any atom is -0.454 e. The third-order valence-electron chi connectivity index (χ3n) is 4.09. The summed E-state index contributed by atoms with van der Waals surface area (Å²) >= 11 is 0. The molecule has 8 nitrogen and oxygen atoms in total. The molecule has 1 heterocycles. The number of para-hydroxylation sites is 1. The zero-order valence-electron chi connectivity index (χ0n) is 16.1. The summed E-state index contributed by atoms with van der Waals surface area (Å²) in [5.41, 5.74) is 7.99. The number of carbonyl (C=O) groups excluding carboxylic acids is 1. The lowest BCUT2D eigenvalue weighted by Gasteiger charge is -2.11. The summed E-state index contributed by atoms with van der Waals surface area (Å²) in [4.78, 5) is 25.2. The van der Waals surface area contributed by atoms with Crippen molar-refractivity contribution in [2.75, 3.05) is 17.3 Å². The van der Waals surface area contributed by atoms with E-state index in [-0.39, 0.29) is 29.9 Å². The van der Waals surface area contributed by atoms with E-state index in [1.54, 1.807) is 24.3 Å². The molecule has 3 rings (SSSR count). The van der Waals surface area contributed by atoms with Crippen LogP contribution in [-0.2, 0) is 28.6 Å². The zero-order valence-corrected chi connectivity index (χ0v) is 16.9. The Labute approximate surface area is 171 Å². The van der Waals surface area contributed by atoms with Gasteiger partial charge in [-0.2, -0.15) is 15.0 Å². The second kappa shape index (κ2) is 9.24. The molecular formula is C20H21N5O3S. The van der Waals surface area contributed by atoms with E-state index in [1.807, 2.05) is 31.2 Å². The molecule has 0 aliphatic carbocycles. The quantitative estimate of drug-likeness (QED) is 0.570. The fourth-order valence-corrected chi connectivity index (χ4v) is 3.45. The average molecular weight is 411 g/mol. The molecule has 1 atom stereocenters. The summed E-state index contributed by atoms with van der Waals surface area (Å²) < 4.78 is 17.1. The van der Waals surface area contributed by atoms with E-state index in [9.17, 15) is 9.00 Å². The van der Waals surface area contributed by atoms with Crippen LogP contribution < -0.4 is 11.1 Å². The van der Waals surface area contributed by atoms with Gasteiger partial charge >= 0.3 is 5.97 Å². The number of anilines is 3. The molecule has 150 valence electrons. The maximum Gasteiger partial charge on any atom is 0.339 e. The second-order valence-corrected chi connectivity index (χ2v) is 7.44. The Hall–Kier alpha value is -3.33. The number of nitrogens with two attached hydrogens (primary N) is 1. The fourth-order valence-electron chi connectivity index (χ4n) is 2.72. The lowest BCUT2D eigenvalue weighted by molar-refractivity contribution is 0.0458. The molecule has 0 amide bonds. The van der Waals surface area contributed by atoms with Crippen molar-refractivity contribution in [1.29, 1.82) is 0 Å². The number of rotatable bonds is 7. The van der Waals surface area contributed by atoms with Gasteiger partial charge in [0.15, 0.2) is 12.4 Å². The van der Waals surface area contributed by atoms with Crippen LogP contribution in [0.25, 0.3) is 0 Å². The monoisotopic (exact) mass is 411 g/mol. The highest BCUT2D eigenvalue weighted by Crippen LogP contribution is 2.20. The molecule has 3 N–H and O–H groups in total. The smallest absolute Gasteiger partial charge is 0.339 e. The largest absolute Gasteiger partial charge is 0.454 e. The first-order chi connectivity index (χ1) is 14.0. The highest BCUT2D eigenvalue weighted by molar-refractivity contribution is 7.84. The fraction of sp³-hybridized carbons (Fsp3) is 0.200. The standard InChI is InChI=1S/C20H21N5O3S/c1-3-13-8-4-6-10-15(13)22-20-24-17(23-19(21)25-20)12-28-18(26)14-9-5-7-11-16(14)29(2)27/h4-11H,3,12H2,1-2H3,(H3,21,22,23,24,25)/t29-/m1/s1. The van der Waals surface area contributed by atoms with Crippen molar-refractivity contribution in [3.05, 3.63) is 65.5 Å². The Morgan fingerprint density at radius 2 is 1.83 bits per heavy atom. The van der Waals surface area contributed by atoms with Gasteiger partial charge in [0, 0.05) is 11.9 Å². The van der Waals surface area contributed by atoms with E-state index in [1.165, 1.54) is 6.26 Å². The predicted molar refractivity (Wildman–Crippen MR) is 111 cm³/mol. The van der Waals surface area contributed by atoms with Crippen LogP contribution in [-0.4, -0.2) is 31.4 Å². The van der Waals surface area contributed by atoms with Crippen molar-refractivity contribution in [2.45, 2.75) is 24.8 Å². The summed E-state index contributed by atoms with van der Waals surface area (Å²) in [7, 11) is -1.31. The highest BCUT2D eigenvalue weighted by Gasteiger charge is 2.16. The van der Waals surface area contributed by atoms with E-state index in [2.05, 4.69) is 20.3 Å². The van der Waals surface area contributed by atoms with E-state index in [4.69, 9.17) is 10.5 Å². The number of ether oxygens (including phenoxy) is 1. The molecule has 0 aliphatic rings. The number of esters is 1. The maximum absolute atomic E-state index is 12.4. The van der Waals surface area contributed by atoms with Crippen LogP contribution in [0, 0.1) is 0 Å². The molecule has 0 unspecified atom stereocenters. The number of carbonyl (C=O) groups is 1. The van der Waals surface area contributed by atoms with Crippen LogP contribution in [0.1, 0.15) is 28.7 Å². The molecule has 0 aliphatic heterocycles. The first kappa shape index (κ1) is 20.4. The number of aromatic nitrogens is 3. The highest BCUT2D eigenvalue weighted by atomic mass is 32.2. The summed E-state index contributed by atoms with van der Waals surface area (Å²) in [5.74, 6) is -0.129. The molecule has 0 bridgehead atoms. The molecule has 0 spiro atoms. The first-order valence-electron chi connectivity index (χ1n) is 8.93. The molecular weight excluding hydrogens is 390 g/mol. The number of nitrogens with one attached hydrogen (secondary N) is 1. The maximum atomic E-state index is 12.4.